The van der Waals surface area contributed by atoms with Gasteiger partial charge in [0.05, 0.1) is 12.1 Å². The Balaban J connectivity index is 2.40. The fraction of sp³-hybridized carbons (Fsp3) is 0.462. The number of hydrogen-bond acceptors (Lipinski definition) is 6. The summed E-state index contributed by atoms with van der Waals surface area (Å²) in [6.45, 7) is 5.88. The average molecular weight is 277 g/mol. The van der Waals surface area contributed by atoms with Gasteiger partial charge in [-0.3, -0.25) is 9.79 Å². The van der Waals surface area contributed by atoms with E-state index in [0.717, 1.165) is 4.88 Å². The van der Waals surface area contributed by atoms with Gasteiger partial charge in [-0.25, -0.2) is 0 Å². The molecule has 0 fully saturated rings. The third-order valence-electron chi connectivity index (χ3n) is 2.62. The number of nitriles is 1. The van der Waals surface area contributed by atoms with Crippen molar-refractivity contribution in [3.63, 3.8) is 0 Å². The van der Waals surface area contributed by atoms with Crippen molar-refractivity contribution >= 4 is 28.5 Å². The molecule has 2 rings (SSSR count). The molecule has 2 N–H and O–H groups in total. The Morgan fingerprint density at radius 2 is 2.32 bits per heavy atom. The molecule has 0 radical (unpaired) electrons. The number of esters is 1. The molecule has 1 atom stereocenters. The molecule has 0 saturated heterocycles. The number of rotatable bonds is 1. The Hall–Kier alpha value is -1.87. The molecule has 0 amide bonds. The number of aliphatic imine (C=N–C) groups is 1. The number of carbonyl (C=O) groups excluding carboxylic acids is 1. The molecule has 0 aromatic carbocycles. The molecule has 1 aliphatic heterocycles. The maximum atomic E-state index is 12.2. The van der Waals surface area contributed by atoms with Crippen LogP contribution in [0, 0.1) is 11.3 Å². The number of nitrogens with zero attached hydrogens (tertiary/aromatic N) is 2. The van der Waals surface area contributed by atoms with E-state index in [1.165, 1.54) is 11.3 Å². The summed E-state index contributed by atoms with van der Waals surface area (Å²) in [7, 11) is 0. The molecule has 6 heteroatoms. The first-order chi connectivity index (χ1) is 8.83. The SMILES string of the molecule is CC(C)(C)OC(=O)C1C=NCc2sc(N)c(C#N)c21. The van der Waals surface area contributed by atoms with Crippen molar-refractivity contribution in [2.75, 3.05) is 5.73 Å². The van der Waals surface area contributed by atoms with Crippen LogP contribution in [-0.4, -0.2) is 17.8 Å². The first kappa shape index (κ1) is 13.6. The highest BCUT2D eigenvalue weighted by Crippen LogP contribution is 2.38. The van der Waals surface area contributed by atoms with Crippen LogP contribution in [0.2, 0.25) is 0 Å². The topological polar surface area (TPSA) is 88.5 Å². The summed E-state index contributed by atoms with van der Waals surface area (Å²) in [6, 6.07) is 2.07. The van der Waals surface area contributed by atoms with Gasteiger partial charge in [0, 0.05) is 16.7 Å². The second-order valence-corrected chi connectivity index (χ2v) is 6.43. The molecule has 100 valence electrons. The summed E-state index contributed by atoms with van der Waals surface area (Å²) in [5.41, 5.74) is 6.28. The van der Waals surface area contributed by atoms with Crippen molar-refractivity contribution in [3.05, 3.63) is 16.0 Å². The van der Waals surface area contributed by atoms with Gasteiger partial charge in [0.1, 0.15) is 22.6 Å². The average Bonchev–Trinajstić information content (AvgIpc) is 2.61. The van der Waals surface area contributed by atoms with Gasteiger partial charge in [0.2, 0.25) is 0 Å². The fourth-order valence-corrected chi connectivity index (χ4v) is 2.93. The van der Waals surface area contributed by atoms with Crippen molar-refractivity contribution < 1.29 is 9.53 Å². The van der Waals surface area contributed by atoms with Gasteiger partial charge in [0.25, 0.3) is 0 Å². The first-order valence-corrected chi connectivity index (χ1v) is 6.69. The Kier molecular flexibility index (Phi) is 3.33. The van der Waals surface area contributed by atoms with Gasteiger partial charge < -0.3 is 10.5 Å². The number of hydrogen-bond donors (Lipinski definition) is 1. The van der Waals surface area contributed by atoms with Crippen LogP contribution in [0.15, 0.2) is 4.99 Å². The number of anilines is 1. The van der Waals surface area contributed by atoms with E-state index in [0.29, 0.717) is 22.7 Å². The van der Waals surface area contributed by atoms with Crippen LogP contribution in [-0.2, 0) is 16.1 Å². The zero-order valence-corrected chi connectivity index (χ0v) is 11.9. The number of nitrogen functional groups attached to an aromatic ring is 1. The Bertz CT molecular complexity index is 590. The van der Waals surface area contributed by atoms with Crippen LogP contribution in [0.25, 0.3) is 0 Å². The maximum absolute atomic E-state index is 12.2. The van der Waals surface area contributed by atoms with Crippen molar-refractivity contribution in [1.82, 2.24) is 0 Å². The minimum Gasteiger partial charge on any atom is -0.459 e. The standard InChI is InChI=1S/C13H15N3O2S/c1-13(2,3)18-12(17)8-5-16-6-9-10(8)7(4-14)11(15)19-9/h5,8H,6,15H2,1-3H3. The molecular formula is C13H15N3O2S. The second kappa shape index (κ2) is 4.67. The van der Waals surface area contributed by atoms with E-state index in [-0.39, 0.29) is 0 Å². The molecule has 5 nitrogen and oxygen atoms in total. The Morgan fingerprint density at radius 3 is 2.89 bits per heavy atom. The largest absolute Gasteiger partial charge is 0.459 e. The highest BCUT2D eigenvalue weighted by molar-refractivity contribution is 7.16. The minimum absolute atomic E-state index is 0.377. The zero-order valence-electron chi connectivity index (χ0n) is 11.1. The Labute approximate surface area is 115 Å². The lowest BCUT2D eigenvalue weighted by Gasteiger charge is -2.23. The lowest BCUT2D eigenvalue weighted by Crippen LogP contribution is -2.29. The highest BCUT2D eigenvalue weighted by Gasteiger charge is 2.33. The van der Waals surface area contributed by atoms with Crippen LogP contribution in [0.1, 0.15) is 42.7 Å². The Morgan fingerprint density at radius 1 is 1.63 bits per heavy atom. The van der Waals surface area contributed by atoms with E-state index >= 15 is 0 Å². The molecule has 19 heavy (non-hydrogen) atoms. The minimum atomic E-state index is -0.633. The smallest absolute Gasteiger partial charge is 0.319 e. The normalized spacial score (nSPS) is 17.7. The number of carbonyl (C=O) groups is 1. The second-order valence-electron chi connectivity index (χ2n) is 5.29. The predicted molar refractivity (Wildman–Crippen MR) is 74.2 cm³/mol. The molecule has 2 heterocycles. The molecule has 1 unspecified atom stereocenters. The zero-order chi connectivity index (χ0) is 14.2. The number of ether oxygens (including phenoxy) is 1. The summed E-state index contributed by atoms with van der Waals surface area (Å²) >= 11 is 1.31. The number of thiophene rings is 1. The van der Waals surface area contributed by atoms with Crippen molar-refractivity contribution in [2.45, 2.75) is 38.8 Å². The van der Waals surface area contributed by atoms with Crippen LogP contribution in [0.4, 0.5) is 5.00 Å². The lowest BCUT2D eigenvalue weighted by atomic mass is 9.94. The van der Waals surface area contributed by atoms with Crippen molar-refractivity contribution in [3.8, 4) is 6.07 Å². The fourth-order valence-electron chi connectivity index (χ4n) is 1.93. The van der Waals surface area contributed by atoms with Crippen molar-refractivity contribution in [2.24, 2.45) is 4.99 Å². The van der Waals surface area contributed by atoms with Crippen LogP contribution >= 0.6 is 11.3 Å². The van der Waals surface area contributed by atoms with Gasteiger partial charge in [-0.05, 0) is 20.8 Å². The molecular weight excluding hydrogens is 262 g/mol. The maximum Gasteiger partial charge on any atom is 0.319 e. The van der Waals surface area contributed by atoms with Gasteiger partial charge >= 0.3 is 5.97 Å². The molecule has 0 saturated carbocycles. The lowest BCUT2D eigenvalue weighted by molar-refractivity contribution is -0.154. The van der Waals surface area contributed by atoms with E-state index in [1.807, 2.05) is 0 Å². The third kappa shape index (κ3) is 2.61. The van der Waals surface area contributed by atoms with E-state index in [9.17, 15) is 10.1 Å². The van der Waals surface area contributed by atoms with E-state index in [4.69, 9.17) is 10.5 Å². The van der Waals surface area contributed by atoms with Gasteiger partial charge in [0.15, 0.2) is 0 Å². The van der Waals surface area contributed by atoms with E-state index in [2.05, 4.69) is 11.1 Å². The molecule has 1 aromatic rings. The van der Waals surface area contributed by atoms with Gasteiger partial charge in [-0.2, -0.15) is 5.26 Å². The summed E-state index contributed by atoms with van der Waals surface area (Å²) in [5, 5.41) is 9.61. The summed E-state index contributed by atoms with van der Waals surface area (Å²) in [4.78, 5) is 17.2. The summed E-state index contributed by atoms with van der Waals surface area (Å²) in [6.07, 6.45) is 1.55. The van der Waals surface area contributed by atoms with E-state index < -0.39 is 17.5 Å². The monoisotopic (exact) mass is 277 g/mol. The highest BCUT2D eigenvalue weighted by atomic mass is 32.1. The molecule has 0 bridgehead atoms. The van der Waals surface area contributed by atoms with E-state index in [1.54, 1.807) is 27.0 Å². The summed E-state index contributed by atoms with van der Waals surface area (Å²) < 4.78 is 5.37. The van der Waals surface area contributed by atoms with Crippen LogP contribution in [0.3, 0.4) is 0 Å². The molecule has 1 aromatic heterocycles. The van der Waals surface area contributed by atoms with Gasteiger partial charge in [-0.1, -0.05) is 0 Å². The molecule has 0 aliphatic carbocycles. The van der Waals surface area contributed by atoms with Crippen LogP contribution < -0.4 is 5.73 Å². The molecule has 0 spiro atoms. The molecule has 1 aliphatic rings. The first-order valence-electron chi connectivity index (χ1n) is 5.87. The number of nitrogens with two attached hydrogens (primary N) is 1. The summed E-state index contributed by atoms with van der Waals surface area (Å²) in [5.74, 6) is -1.03. The van der Waals surface area contributed by atoms with Crippen molar-refractivity contribution in [1.29, 1.82) is 5.26 Å². The third-order valence-corrected chi connectivity index (χ3v) is 3.64. The quantitative estimate of drug-likeness (QED) is 0.797. The predicted octanol–water partition coefficient (Wildman–Crippen LogP) is 2.21. The van der Waals surface area contributed by atoms with Gasteiger partial charge in [-0.15, -0.1) is 11.3 Å². The number of fused-ring (bicyclic) bond motifs is 1. The van der Waals surface area contributed by atoms with Crippen LogP contribution in [0.5, 0.6) is 0 Å².